The Hall–Kier alpha value is -3.08. The van der Waals surface area contributed by atoms with Gasteiger partial charge < -0.3 is 4.74 Å². The minimum absolute atomic E-state index is 0.0149. The van der Waals surface area contributed by atoms with Gasteiger partial charge in [-0.05, 0) is 52.0 Å². The maximum absolute atomic E-state index is 13.8. The molecule has 0 fully saturated rings. The third kappa shape index (κ3) is 4.40. The highest BCUT2D eigenvalue weighted by molar-refractivity contribution is 7.93. The van der Waals surface area contributed by atoms with Gasteiger partial charge in [0.2, 0.25) is 0 Å². The topological polar surface area (TPSA) is 93.9 Å². The third-order valence-electron chi connectivity index (χ3n) is 3.97. The van der Waals surface area contributed by atoms with Crippen molar-refractivity contribution in [2.75, 3.05) is 10.8 Å². The number of rotatable bonds is 5. The predicted octanol–water partition coefficient (Wildman–Crippen LogP) is 2.85. The Morgan fingerprint density at radius 3 is 2.40 bits per heavy atom. The standard InChI is InChI=1S/C19H20F2N4O4S/c1-12-22-23-18-16(6-5-7-24(12)18)30(27,28)25(11-17(26)29-19(2,3)4)15-9-13(20)8-14(21)10-15/h5-10H,11H2,1-4H3. The summed E-state index contributed by atoms with van der Waals surface area (Å²) < 4.78 is 61.9. The summed E-state index contributed by atoms with van der Waals surface area (Å²) in [6.07, 6.45) is 1.57. The normalized spacial score (nSPS) is 12.2. The van der Waals surface area contributed by atoms with Gasteiger partial charge in [0.1, 0.15) is 34.5 Å². The molecule has 2 heterocycles. The lowest BCUT2D eigenvalue weighted by molar-refractivity contribution is -0.152. The van der Waals surface area contributed by atoms with Crippen molar-refractivity contribution in [3.8, 4) is 0 Å². The fourth-order valence-electron chi connectivity index (χ4n) is 2.82. The molecule has 0 unspecified atom stereocenters. The molecule has 0 aliphatic heterocycles. The van der Waals surface area contributed by atoms with Crippen LogP contribution in [0.15, 0.2) is 41.4 Å². The number of halogens is 2. The van der Waals surface area contributed by atoms with Gasteiger partial charge >= 0.3 is 5.97 Å². The average molecular weight is 438 g/mol. The molecule has 160 valence electrons. The molecule has 0 atom stereocenters. The van der Waals surface area contributed by atoms with Gasteiger partial charge in [0, 0.05) is 12.3 Å². The monoisotopic (exact) mass is 438 g/mol. The Kier molecular flexibility index (Phi) is 5.50. The molecule has 0 radical (unpaired) electrons. The van der Waals surface area contributed by atoms with Crippen molar-refractivity contribution < 1.29 is 26.7 Å². The van der Waals surface area contributed by atoms with Crippen LogP contribution in [0.3, 0.4) is 0 Å². The van der Waals surface area contributed by atoms with Crippen molar-refractivity contribution in [1.82, 2.24) is 14.6 Å². The van der Waals surface area contributed by atoms with Gasteiger partial charge in [-0.1, -0.05) is 0 Å². The summed E-state index contributed by atoms with van der Waals surface area (Å²) in [5.41, 5.74) is -1.23. The number of carbonyl (C=O) groups is 1. The summed E-state index contributed by atoms with van der Waals surface area (Å²) in [6.45, 7) is 5.69. The highest BCUT2D eigenvalue weighted by atomic mass is 32.2. The van der Waals surface area contributed by atoms with Crippen molar-refractivity contribution in [2.24, 2.45) is 0 Å². The molecule has 1 aromatic carbocycles. The minimum Gasteiger partial charge on any atom is -0.459 e. The zero-order valence-corrected chi connectivity index (χ0v) is 17.6. The third-order valence-corrected chi connectivity index (χ3v) is 5.76. The van der Waals surface area contributed by atoms with Gasteiger partial charge in [0.05, 0.1) is 5.69 Å². The molecule has 8 nitrogen and oxygen atoms in total. The highest BCUT2D eigenvalue weighted by Crippen LogP contribution is 2.28. The lowest BCUT2D eigenvalue weighted by Crippen LogP contribution is -2.39. The molecular weight excluding hydrogens is 418 g/mol. The number of anilines is 1. The molecule has 30 heavy (non-hydrogen) atoms. The van der Waals surface area contributed by atoms with E-state index in [9.17, 15) is 22.0 Å². The lowest BCUT2D eigenvalue weighted by Gasteiger charge is -2.26. The molecule has 0 saturated heterocycles. The van der Waals surface area contributed by atoms with Gasteiger partial charge in [-0.3, -0.25) is 13.5 Å². The van der Waals surface area contributed by atoms with Crippen LogP contribution in [0.1, 0.15) is 26.6 Å². The fourth-order valence-corrected chi connectivity index (χ4v) is 4.33. The van der Waals surface area contributed by atoms with Crippen molar-refractivity contribution in [3.63, 3.8) is 0 Å². The molecule has 11 heteroatoms. The van der Waals surface area contributed by atoms with Crippen molar-refractivity contribution in [3.05, 3.63) is 54.0 Å². The number of carbonyl (C=O) groups excluding carboxylic acids is 1. The van der Waals surface area contributed by atoms with Crippen LogP contribution in [0, 0.1) is 18.6 Å². The molecular formula is C19H20F2N4O4S. The number of hydrogen-bond acceptors (Lipinski definition) is 6. The van der Waals surface area contributed by atoms with Crippen LogP contribution in [0.25, 0.3) is 5.65 Å². The summed E-state index contributed by atoms with van der Waals surface area (Å²) >= 11 is 0. The van der Waals surface area contributed by atoms with Gasteiger partial charge in [-0.25, -0.2) is 17.2 Å². The van der Waals surface area contributed by atoms with E-state index in [1.54, 1.807) is 33.9 Å². The number of esters is 1. The number of nitrogens with zero attached hydrogens (tertiary/aromatic N) is 4. The van der Waals surface area contributed by atoms with Crippen LogP contribution in [0.4, 0.5) is 14.5 Å². The number of ether oxygens (including phenoxy) is 1. The summed E-state index contributed by atoms with van der Waals surface area (Å²) in [5, 5.41) is 7.74. The Bertz CT molecular complexity index is 1200. The van der Waals surface area contributed by atoms with E-state index in [-0.39, 0.29) is 16.2 Å². The Morgan fingerprint density at radius 1 is 1.17 bits per heavy atom. The molecule has 0 aliphatic rings. The van der Waals surface area contributed by atoms with Crippen LogP contribution < -0.4 is 4.31 Å². The first kappa shape index (κ1) is 21.6. The van der Waals surface area contributed by atoms with E-state index >= 15 is 0 Å². The van der Waals surface area contributed by atoms with Crippen LogP contribution in [-0.4, -0.2) is 41.1 Å². The summed E-state index contributed by atoms with van der Waals surface area (Å²) in [5.74, 6) is -2.44. The Balaban J connectivity index is 2.16. The Morgan fingerprint density at radius 2 is 1.80 bits per heavy atom. The molecule has 0 aliphatic carbocycles. The van der Waals surface area contributed by atoms with E-state index in [1.165, 1.54) is 16.5 Å². The second-order valence-electron chi connectivity index (χ2n) is 7.54. The predicted molar refractivity (Wildman–Crippen MR) is 104 cm³/mol. The van der Waals surface area contributed by atoms with E-state index in [2.05, 4.69) is 10.2 Å². The van der Waals surface area contributed by atoms with Crippen LogP contribution in [0.2, 0.25) is 0 Å². The molecule has 0 saturated carbocycles. The van der Waals surface area contributed by atoms with E-state index < -0.39 is 39.8 Å². The zero-order valence-electron chi connectivity index (χ0n) is 16.8. The number of hydrogen-bond donors (Lipinski definition) is 0. The highest BCUT2D eigenvalue weighted by Gasteiger charge is 2.32. The second kappa shape index (κ2) is 7.63. The quantitative estimate of drug-likeness (QED) is 0.569. The van der Waals surface area contributed by atoms with Crippen LogP contribution in [-0.2, 0) is 19.6 Å². The van der Waals surface area contributed by atoms with Crippen molar-refractivity contribution in [1.29, 1.82) is 0 Å². The van der Waals surface area contributed by atoms with Crippen LogP contribution >= 0.6 is 0 Å². The molecule has 0 spiro atoms. The van der Waals surface area contributed by atoms with E-state index in [1.807, 2.05) is 0 Å². The SMILES string of the molecule is Cc1nnc2c(S(=O)(=O)N(CC(=O)OC(C)(C)C)c3cc(F)cc(F)c3)cccn12. The van der Waals surface area contributed by atoms with E-state index in [0.29, 0.717) is 16.2 Å². The summed E-state index contributed by atoms with van der Waals surface area (Å²) in [6, 6.07) is 4.98. The molecule has 0 bridgehead atoms. The Labute approximate surface area is 172 Å². The smallest absolute Gasteiger partial charge is 0.327 e. The number of aromatic nitrogens is 3. The summed E-state index contributed by atoms with van der Waals surface area (Å²) in [4.78, 5) is 12.1. The van der Waals surface area contributed by atoms with Crippen LogP contribution in [0.5, 0.6) is 0 Å². The minimum atomic E-state index is -4.48. The van der Waals surface area contributed by atoms with Gasteiger partial charge in [0.15, 0.2) is 5.65 Å². The molecule has 0 N–H and O–H groups in total. The van der Waals surface area contributed by atoms with Crippen molar-refractivity contribution >= 4 is 27.3 Å². The lowest BCUT2D eigenvalue weighted by atomic mass is 10.2. The van der Waals surface area contributed by atoms with E-state index in [4.69, 9.17) is 4.74 Å². The fraction of sp³-hybridized carbons (Fsp3) is 0.316. The first-order valence-corrected chi connectivity index (χ1v) is 10.3. The van der Waals surface area contributed by atoms with E-state index in [0.717, 1.165) is 12.1 Å². The number of aryl methyl sites for hydroxylation is 1. The number of benzene rings is 1. The first-order valence-electron chi connectivity index (χ1n) is 8.89. The first-order chi connectivity index (χ1) is 13.9. The average Bonchev–Trinajstić information content (AvgIpc) is 2.98. The van der Waals surface area contributed by atoms with Gasteiger partial charge in [-0.2, -0.15) is 0 Å². The number of sulfonamides is 1. The second-order valence-corrected chi connectivity index (χ2v) is 9.37. The number of pyridine rings is 1. The van der Waals surface area contributed by atoms with Gasteiger partial charge in [-0.15, -0.1) is 10.2 Å². The van der Waals surface area contributed by atoms with Gasteiger partial charge in [0.25, 0.3) is 10.0 Å². The molecule has 3 aromatic rings. The molecule has 2 aromatic heterocycles. The maximum atomic E-state index is 13.8. The largest absolute Gasteiger partial charge is 0.459 e. The molecule has 3 rings (SSSR count). The van der Waals surface area contributed by atoms with Crippen molar-refractivity contribution in [2.45, 2.75) is 38.2 Å². The number of fused-ring (bicyclic) bond motifs is 1. The maximum Gasteiger partial charge on any atom is 0.327 e. The molecule has 0 amide bonds. The zero-order chi connectivity index (χ0) is 22.3. The summed E-state index contributed by atoms with van der Waals surface area (Å²) in [7, 11) is -4.48.